The van der Waals surface area contributed by atoms with Crippen molar-refractivity contribution >= 4 is 37.2 Å². The lowest BCUT2D eigenvalue weighted by Crippen LogP contribution is -2.55. The molecule has 0 bridgehead atoms. The summed E-state index contributed by atoms with van der Waals surface area (Å²) in [6.45, 7) is 21.7. The summed E-state index contributed by atoms with van der Waals surface area (Å²) >= 11 is 0. The van der Waals surface area contributed by atoms with E-state index in [0.717, 1.165) is 64.7 Å². The van der Waals surface area contributed by atoms with Gasteiger partial charge in [-0.3, -0.25) is 14.1 Å². The van der Waals surface area contributed by atoms with Crippen molar-refractivity contribution in [3.63, 3.8) is 0 Å². The summed E-state index contributed by atoms with van der Waals surface area (Å²) in [4.78, 5) is 15.1. The van der Waals surface area contributed by atoms with E-state index in [0.29, 0.717) is 53.1 Å². The molecule has 3 saturated heterocycles. The molecule has 52 heavy (non-hydrogen) atoms. The SMILES string of the molecule is CCN1CCN(C2CCN(C3CCN(c4c(S(=O)(=O)c5ccc(OC(C)(C)CC(C)(C)C)c(F)c5)cnc5ccc(S(C)=O)cc45)CC3)CC2)CC1. The molecule has 4 heterocycles. The number of hydrogen-bond donors (Lipinski definition) is 0. The van der Waals surface area contributed by atoms with Crippen LogP contribution in [0.25, 0.3) is 10.9 Å². The van der Waals surface area contributed by atoms with Crippen molar-refractivity contribution in [3.8, 4) is 5.75 Å². The number of aromatic nitrogens is 1. The number of halogens is 1. The van der Waals surface area contributed by atoms with E-state index < -0.39 is 32.1 Å². The maximum Gasteiger partial charge on any atom is 0.210 e. The van der Waals surface area contributed by atoms with Crippen LogP contribution in [0.3, 0.4) is 0 Å². The van der Waals surface area contributed by atoms with Crippen LogP contribution in [0.4, 0.5) is 10.1 Å². The number of anilines is 1. The number of rotatable bonds is 10. The minimum absolute atomic E-state index is 0.0188. The van der Waals surface area contributed by atoms with E-state index in [4.69, 9.17) is 4.74 Å². The van der Waals surface area contributed by atoms with Crippen LogP contribution in [0.5, 0.6) is 5.75 Å². The Morgan fingerprint density at radius 2 is 1.48 bits per heavy atom. The Morgan fingerprint density at radius 1 is 0.865 bits per heavy atom. The molecule has 1 atom stereocenters. The maximum absolute atomic E-state index is 15.6. The molecule has 3 fully saturated rings. The first kappa shape index (κ1) is 39.1. The van der Waals surface area contributed by atoms with Crippen LogP contribution in [-0.4, -0.2) is 115 Å². The van der Waals surface area contributed by atoms with Crippen LogP contribution in [-0.2, 0) is 20.6 Å². The molecule has 2 aromatic carbocycles. The molecule has 0 radical (unpaired) electrons. The topological polar surface area (TPSA) is 86.3 Å². The summed E-state index contributed by atoms with van der Waals surface area (Å²) in [5.74, 6) is -0.708. The molecule has 3 aliphatic rings. The fourth-order valence-corrected chi connectivity index (χ4v) is 10.8. The first-order valence-electron chi connectivity index (χ1n) is 19.0. The molecule has 286 valence electrons. The largest absolute Gasteiger partial charge is 0.485 e. The van der Waals surface area contributed by atoms with Gasteiger partial charge in [0.1, 0.15) is 10.5 Å². The van der Waals surface area contributed by atoms with Gasteiger partial charge in [-0.2, -0.15) is 0 Å². The average molecular weight is 756 g/mol. The second-order valence-electron chi connectivity index (χ2n) is 16.8. The van der Waals surface area contributed by atoms with Crippen molar-refractivity contribution in [2.45, 2.75) is 106 Å². The highest BCUT2D eigenvalue weighted by Crippen LogP contribution is 2.40. The van der Waals surface area contributed by atoms with Crippen molar-refractivity contribution in [1.29, 1.82) is 0 Å². The number of benzene rings is 2. The summed E-state index contributed by atoms with van der Waals surface area (Å²) in [5, 5.41) is 0.639. The number of ether oxygens (including phenoxy) is 1. The fourth-order valence-electron chi connectivity index (χ4n) is 8.83. The minimum Gasteiger partial charge on any atom is -0.485 e. The van der Waals surface area contributed by atoms with Gasteiger partial charge in [0.05, 0.1) is 16.1 Å². The minimum atomic E-state index is -4.21. The van der Waals surface area contributed by atoms with Gasteiger partial charge in [0.15, 0.2) is 11.6 Å². The van der Waals surface area contributed by atoms with Crippen molar-refractivity contribution in [1.82, 2.24) is 19.7 Å². The van der Waals surface area contributed by atoms with E-state index in [1.807, 2.05) is 13.8 Å². The summed E-state index contributed by atoms with van der Waals surface area (Å²) in [6.07, 6.45) is 7.90. The third-order valence-electron chi connectivity index (χ3n) is 11.1. The number of pyridine rings is 1. The first-order valence-corrected chi connectivity index (χ1v) is 22.0. The molecule has 0 saturated carbocycles. The molecule has 3 aromatic rings. The van der Waals surface area contributed by atoms with Gasteiger partial charge in [0.25, 0.3) is 0 Å². The lowest BCUT2D eigenvalue weighted by atomic mass is 9.83. The molecule has 1 unspecified atom stereocenters. The lowest BCUT2D eigenvalue weighted by Gasteiger charge is -2.46. The number of fused-ring (bicyclic) bond motifs is 1. The number of hydrogen-bond acceptors (Lipinski definition) is 9. The Bertz CT molecular complexity index is 1860. The molecule has 3 aliphatic heterocycles. The van der Waals surface area contributed by atoms with Crippen molar-refractivity contribution < 1.29 is 21.8 Å². The predicted octanol–water partition coefficient (Wildman–Crippen LogP) is 6.61. The Morgan fingerprint density at radius 3 is 2.06 bits per heavy atom. The maximum atomic E-state index is 15.6. The second-order valence-corrected chi connectivity index (χ2v) is 20.1. The van der Waals surface area contributed by atoms with Gasteiger partial charge in [-0.1, -0.05) is 27.7 Å². The number of likely N-dealkylation sites (tertiary alicyclic amines) is 1. The third-order valence-corrected chi connectivity index (χ3v) is 13.8. The van der Waals surface area contributed by atoms with E-state index in [1.54, 1.807) is 24.5 Å². The van der Waals surface area contributed by atoms with Gasteiger partial charge < -0.3 is 19.4 Å². The fraction of sp³-hybridized carbons (Fsp3) is 0.625. The Balaban J connectivity index is 1.23. The highest BCUT2D eigenvalue weighted by molar-refractivity contribution is 7.91. The third kappa shape index (κ3) is 8.83. The van der Waals surface area contributed by atoms with E-state index in [2.05, 4.69) is 52.3 Å². The van der Waals surface area contributed by atoms with Crippen LogP contribution in [0.15, 0.2) is 57.3 Å². The smallest absolute Gasteiger partial charge is 0.210 e. The molecule has 0 amide bonds. The van der Waals surface area contributed by atoms with E-state index >= 15 is 4.39 Å². The standard InChI is InChI=1S/C40H58FN5O4S2/c1-8-43-21-23-45(24-22-43)30-13-17-44(18-14-30)29-15-19-46(20-16-29)38-33-25-31(51(7)47)9-11-35(33)42-27-37(38)52(48,49)32-10-12-36(34(41)26-32)50-40(5,6)28-39(2,3)4/h9-12,25-27,29-30H,8,13-24,28H2,1-7H3. The van der Waals surface area contributed by atoms with Crippen LogP contribution in [0.1, 0.15) is 73.6 Å². The second kappa shape index (κ2) is 15.6. The molecule has 0 aliphatic carbocycles. The Labute approximate surface area is 313 Å². The Hall–Kier alpha value is -2.64. The van der Waals surface area contributed by atoms with E-state index in [-0.39, 0.29) is 21.0 Å². The zero-order chi connectivity index (χ0) is 37.4. The van der Waals surface area contributed by atoms with Gasteiger partial charge in [0, 0.05) is 84.9 Å². The van der Waals surface area contributed by atoms with Crippen molar-refractivity contribution in [3.05, 3.63) is 48.4 Å². The van der Waals surface area contributed by atoms with Crippen LogP contribution in [0, 0.1) is 11.2 Å². The summed E-state index contributed by atoms with van der Waals surface area (Å²) in [6, 6.07) is 10.4. The van der Waals surface area contributed by atoms with Crippen LogP contribution < -0.4 is 9.64 Å². The van der Waals surface area contributed by atoms with Crippen molar-refractivity contribution in [2.24, 2.45) is 5.41 Å². The highest BCUT2D eigenvalue weighted by Gasteiger charge is 2.35. The highest BCUT2D eigenvalue weighted by atomic mass is 32.2. The molecule has 12 heteroatoms. The predicted molar refractivity (Wildman–Crippen MR) is 208 cm³/mol. The van der Waals surface area contributed by atoms with E-state index in [9.17, 15) is 12.6 Å². The van der Waals surface area contributed by atoms with Gasteiger partial charge in [-0.25, -0.2) is 12.8 Å². The summed E-state index contributed by atoms with van der Waals surface area (Å²) in [5.41, 5.74) is 0.483. The van der Waals surface area contributed by atoms with Gasteiger partial charge in [0.2, 0.25) is 9.84 Å². The molecule has 0 N–H and O–H groups in total. The zero-order valence-corrected chi connectivity index (χ0v) is 33.8. The first-order chi connectivity index (χ1) is 24.5. The molecule has 0 spiro atoms. The molecule has 1 aromatic heterocycles. The van der Waals surface area contributed by atoms with Gasteiger partial charge in [-0.15, -0.1) is 0 Å². The number of likely N-dealkylation sites (N-methyl/N-ethyl adjacent to an activating group) is 1. The lowest BCUT2D eigenvalue weighted by molar-refractivity contribution is 0.0449. The number of piperazine rings is 1. The quantitative estimate of drug-likeness (QED) is 0.227. The number of sulfone groups is 1. The molecule has 9 nitrogen and oxygen atoms in total. The molecular formula is C40H58FN5O4S2. The van der Waals surface area contributed by atoms with Crippen molar-refractivity contribution in [2.75, 3.05) is 70.1 Å². The number of piperidine rings is 2. The summed E-state index contributed by atoms with van der Waals surface area (Å²) < 4.78 is 63.2. The van der Waals surface area contributed by atoms with Crippen LogP contribution >= 0.6 is 0 Å². The van der Waals surface area contributed by atoms with Gasteiger partial charge >= 0.3 is 0 Å². The van der Waals surface area contributed by atoms with Crippen LogP contribution in [0.2, 0.25) is 0 Å². The van der Waals surface area contributed by atoms with Gasteiger partial charge in [-0.05, 0) is 107 Å². The average Bonchev–Trinajstić information content (AvgIpc) is 3.10. The molecular weight excluding hydrogens is 698 g/mol. The zero-order valence-electron chi connectivity index (χ0n) is 32.2. The summed E-state index contributed by atoms with van der Waals surface area (Å²) in [7, 11) is -5.48. The normalized spacial score (nSPS) is 20.4. The molecule has 6 rings (SSSR count). The monoisotopic (exact) mass is 755 g/mol. The number of nitrogens with zero attached hydrogens (tertiary/aromatic N) is 5. The van der Waals surface area contributed by atoms with E-state index in [1.165, 1.54) is 31.2 Å². The Kier molecular flexibility index (Phi) is 11.7.